The van der Waals surface area contributed by atoms with Crippen molar-refractivity contribution < 1.29 is 9.18 Å². The predicted molar refractivity (Wildman–Crippen MR) is 68.0 cm³/mol. The molecule has 2 rings (SSSR count). The summed E-state index contributed by atoms with van der Waals surface area (Å²) in [5, 5.41) is 6.43. The second-order valence-corrected chi connectivity index (χ2v) is 4.36. The van der Waals surface area contributed by atoms with Gasteiger partial charge in [-0.15, -0.1) is 5.10 Å². The van der Waals surface area contributed by atoms with Crippen LogP contribution in [0.1, 0.15) is 35.0 Å². The number of nitrogens with one attached hydrogen (secondary N) is 1. The van der Waals surface area contributed by atoms with Crippen molar-refractivity contribution in [3.05, 3.63) is 47.3 Å². The molecule has 1 N–H and O–H groups in total. The van der Waals surface area contributed by atoms with Gasteiger partial charge in [-0.05, 0) is 19.9 Å². The highest BCUT2D eigenvalue weighted by molar-refractivity contribution is 5.90. The number of nitrogens with zero attached hydrogens (tertiary/aromatic N) is 3. The molecule has 1 atom stereocenters. The molecule has 5 nitrogen and oxygen atoms in total. The first kappa shape index (κ1) is 13.2. The Hall–Kier alpha value is -2.24. The molecule has 0 radical (unpaired) electrons. The van der Waals surface area contributed by atoms with Crippen molar-refractivity contribution in [2.75, 3.05) is 7.05 Å². The number of carbonyl (C=O) groups is 1. The molecule has 0 aliphatic heterocycles. The lowest BCUT2D eigenvalue weighted by atomic mass is 10.1. The first-order valence-corrected chi connectivity index (χ1v) is 5.91. The van der Waals surface area contributed by atoms with E-state index in [2.05, 4.69) is 15.2 Å². The minimum atomic E-state index is -0.396. The fourth-order valence-corrected chi connectivity index (χ4v) is 1.79. The second kappa shape index (κ2) is 5.17. The molecule has 0 saturated heterocycles. The summed E-state index contributed by atoms with van der Waals surface area (Å²) >= 11 is 0. The quantitative estimate of drug-likeness (QED) is 0.921. The molecule has 0 fully saturated rings. The number of halogens is 1. The number of hydrogen-bond acceptors (Lipinski definition) is 3. The molecule has 0 bridgehead atoms. The number of carbonyl (C=O) groups excluding carboxylic acids is 1. The maximum atomic E-state index is 13.7. The fraction of sp³-hybridized carbons (Fsp3) is 0.308. The molecule has 19 heavy (non-hydrogen) atoms. The van der Waals surface area contributed by atoms with E-state index in [1.165, 1.54) is 11.0 Å². The number of H-pyrrole nitrogens is 1. The van der Waals surface area contributed by atoms with E-state index in [1.807, 2.05) is 0 Å². The van der Waals surface area contributed by atoms with Gasteiger partial charge >= 0.3 is 0 Å². The number of benzene rings is 1. The molecule has 0 aliphatic rings. The normalized spacial score (nSPS) is 12.2. The molecule has 1 unspecified atom stereocenters. The summed E-state index contributed by atoms with van der Waals surface area (Å²) in [5.74, 6) is -0.0283. The van der Waals surface area contributed by atoms with Gasteiger partial charge in [0.25, 0.3) is 5.91 Å². The average molecular weight is 262 g/mol. The Balaban J connectivity index is 2.22. The molecule has 0 saturated carbocycles. The van der Waals surface area contributed by atoms with Crippen LogP contribution < -0.4 is 0 Å². The first-order valence-electron chi connectivity index (χ1n) is 5.91. The van der Waals surface area contributed by atoms with Gasteiger partial charge in [0.1, 0.15) is 11.6 Å². The lowest BCUT2D eigenvalue weighted by Gasteiger charge is -2.24. The van der Waals surface area contributed by atoms with E-state index >= 15 is 0 Å². The Morgan fingerprint density at radius 3 is 2.68 bits per heavy atom. The summed E-state index contributed by atoms with van der Waals surface area (Å²) in [5.41, 5.74) is 0.464. The largest absolute Gasteiger partial charge is 0.332 e. The Bertz CT molecular complexity index is 596. The molecule has 1 amide bonds. The van der Waals surface area contributed by atoms with Crippen molar-refractivity contribution in [2.24, 2.45) is 0 Å². The molecule has 0 aliphatic carbocycles. The lowest BCUT2D eigenvalue weighted by Crippen LogP contribution is -2.31. The molecule has 1 heterocycles. The van der Waals surface area contributed by atoms with Crippen LogP contribution in [0, 0.1) is 12.7 Å². The number of hydrogen-bond donors (Lipinski definition) is 1. The van der Waals surface area contributed by atoms with Crippen LogP contribution in [-0.4, -0.2) is 33.0 Å². The number of rotatable bonds is 3. The lowest BCUT2D eigenvalue weighted by molar-refractivity contribution is 0.0728. The highest BCUT2D eigenvalue weighted by Crippen LogP contribution is 2.22. The van der Waals surface area contributed by atoms with Gasteiger partial charge in [0.2, 0.25) is 5.82 Å². The molecule has 100 valence electrons. The van der Waals surface area contributed by atoms with Gasteiger partial charge in [-0.3, -0.25) is 9.89 Å². The maximum Gasteiger partial charge on any atom is 0.293 e. The summed E-state index contributed by atoms with van der Waals surface area (Å²) < 4.78 is 13.7. The summed E-state index contributed by atoms with van der Waals surface area (Å²) in [4.78, 5) is 17.5. The van der Waals surface area contributed by atoms with Gasteiger partial charge in [-0.2, -0.15) is 0 Å². The van der Waals surface area contributed by atoms with Crippen LogP contribution in [0.5, 0.6) is 0 Å². The number of amides is 1. The average Bonchev–Trinajstić information content (AvgIpc) is 2.83. The highest BCUT2D eigenvalue weighted by atomic mass is 19.1. The Morgan fingerprint density at radius 2 is 2.11 bits per heavy atom. The first-order chi connectivity index (χ1) is 9.00. The van der Waals surface area contributed by atoms with E-state index in [-0.39, 0.29) is 17.5 Å². The molecule has 6 heteroatoms. The van der Waals surface area contributed by atoms with Crippen molar-refractivity contribution in [2.45, 2.75) is 19.9 Å². The molecule has 1 aromatic heterocycles. The zero-order chi connectivity index (χ0) is 14.0. The third kappa shape index (κ3) is 2.62. The number of aromatic amines is 1. The summed E-state index contributed by atoms with van der Waals surface area (Å²) in [6, 6.07) is 6.00. The Kier molecular flexibility index (Phi) is 3.59. The van der Waals surface area contributed by atoms with Crippen LogP contribution in [0.15, 0.2) is 24.3 Å². The standard InChI is InChI=1S/C13H15FN4O/c1-8(10-6-4-5-7-11(10)14)18(3)13(19)12-15-9(2)16-17-12/h4-8H,1-3H3,(H,15,16,17). The number of aryl methyl sites for hydroxylation is 1. The summed E-state index contributed by atoms with van der Waals surface area (Å²) in [6.45, 7) is 3.47. The Labute approximate surface area is 110 Å². The van der Waals surface area contributed by atoms with Gasteiger partial charge in [0.05, 0.1) is 6.04 Å². The van der Waals surface area contributed by atoms with Gasteiger partial charge < -0.3 is 4.90 Å². The van der Waals surface area contributed by atoms with Gasteiger partial charge in [-0.25, -0.2) is 9.37 Å². The second-order valence-electron chi connectivity index (χ2n) is 4.36. The topological polar surface area (TPSA) is 61.9 Å². The van der Waals surface area contributed by atoms with Gasteiger partial charge in [-0.1, -0.05) is 18.2 Å². The van der Waals surface area contributed by atoms with Crippen LogP contribution >= 0.6 is 0 Å². The number of aromatic nitrogens is 3. The molecule has 2 aromatic rings. The van der Waals surface area contributed by atoms with Crippen molar-refractivity contribution >= 4 is 5.91 Å². The fourth-order valence-electron chi connectivity index (χ4n) is 1.79. The van der Waals surface area contributed by atoms with Crippen molar-refractivity contribution in [3.63, 3.8) is 0 Å². The van der Waals surface area contributed by atoms with Crippen LogP contribution in [0.4, 0.5) is 4.39 Å². The van der Waals surface area contributed by atoms with Crippen molar-refractivity contribution in [1.29, 1.82) is 0 Å². The van der Waals surface area contributed by atoms with E-state index in [0.717, 1.165) is 0 Å². The summed E-state index contributed by atoms with van der Waals surface area (Å²) in [7, 11) is 1.60. The van der Waals surface area contributed by atoms with E-state index < -0.39 is 6.04 Å². The van der Waals surface area contributed by atoms with Crippen LogP contribution in [-0.2, 0) is 0 Å². The van der Waals surface area contributed by atoms with Crippen molar-refractivity contribution in [3.8, 4) is 0 Å². The third-order valence-electron chi connectivity index (χ3n) is 3.05. The van der Waals surface area contributed by atoms with E-state index in [9.17, 15) is 9.18 Å². The van der Waals surface area contributed by atoms with Crippen LogP contribution in [0.3, 0.4) is 0 Å². The van der Waals surface area contributed by atoms with E-state index in [1.54, 1.807) is 39.1 Å². The zero-order valence-corrected chi connectivity index (χ0v) is 11.0. The van der Waals surface area contributed by atoms with E-state index in [0.29, 0.717) is 11.4 Å². The molecule has 1 aromatic carbocycles. The Morgan fingerprint density at radius 1 is 1.42 bits per heavy atom. The van der Waals surface area contributed by atoms with Gasteiger partial charge in [0.15, 0.2) is 0 Å². The SMILES string of the molecule is Cc1nc(C(=O)N(C)C(C)c2ccccc2F)n[nH]1. The van der Waals surface area contributed by atoms with E-state index in [4.69, 9.17) is 0 Å². The monoisotopic (exact) mass is 262 g/mol. The zero-order valence-electron chi connectivity index (χ0n) is 11.0. The maximum absolute atomic E-state index is 13.7. The third-order valence-corrected chi connectivity index (χ3v) is 3.05. The summed E-state index contributed by atoms with van der Waals surface area (Å²) in [6.07, 6.45) is 0. The smallest absolute Gasteiger partial charge is 0.293 e. The molecule has 0 spiro atoms. The predicted octanol–water partition coefficient (Wildman–Crippen LogP) is 2.09. The minimum Gasteiger partial charge on any atom is -0.332 e. The van der Waals surface area contributed by atoms with Crippen LogP contribution in [0.2, 0.25) is 0 Å². The molecular formula is C13H15FN4O. The highest BCUT2D eigenvalue weighted by Gasteiger charge is 2.23. The van der Waals surface area contributed by atoms with Gasteiger partial charge in [0, 0.05) is 12.6 Å². The van der Waals surface area contributed by atoms with Crippen LogP contribution in [0.25, 0.3) is 0 Å². The molecular weight excluding hydrogens is 247 g/mol. The van der Waals surface area contributed by atoms with Crippen molar-refractivity contribution in [1.82, 2.24) is 20.1 Å². The minimum absolute atomic E-state index is 0.0863.